The highest BCUT2D eigenvalue weighted by molar-refractivity contribution is 5.88. The summed E-state index contributed by atoms with van der Waals surface area (Å²) in [6.45, 7) is 1.92. The normalized spacial score (nSPS) is 9.83. The molecular formula is C7H11N3O2. The lowest BCUT2D eigenvalue weighted by atomic mass is 10.5. The van der Waals surface area contributed by atoms with Gasteiger partial charge in [0, 0.05) is 13.1 Å². The van der Waals surface area contributed by atoms with Crippen molar-refractivity contribution in [3.8, 4) is 0 Å². The van der Waals surface area contributed by atoms with Gasteiger partial charge in [-0.1, -0.05) is 0 Å². The van der Waals surface area contributed by atoms with Gasteiger partial charge in [-0.25, -0.2) is 0 Å². The van der Waals surface area contributed by atoms with E-state index in [0.29, 0.717) is 12.2 Å². The van der Waals surface area contributed by atoms with E-state index in [9.17, 15) is 4.79 Å². The summed E-state index contributed by atoms with van der Waals surface area (Å²) >= 11 is 0. The first-order chi connectivity index (χ1) is 5.72. The molecule has 0 saturated carbocycles. The average molecular weight is 169 g/mol. The van der Waals surface area contributed by atoms with Gasteiger partial charge >= 0.3 is 0 Å². The standard InChI is InChI=1S/C7H11N3O2/c1-6(12)9-7-4-8-10(5-7)2-3-11/h4-5,11H,2-3H2,1H3,(H,9,12). The zero-order valence-corrected chi connectivity index (χ0v) is 6.82. The van der Waals surface area contributed by atoms with Crippen molar-refractivity contribution in [1.82, 2.24) is 9.78 Å². The first-order valence-corrected chi connectivity index (χ1v) is 3.63. The number of anilines is 1. The topological polar surface area (TPSA) is 67.2 Å². The molecule has 0 aliphatic rings. The third kappa shape index (κ3) is 2.35. The maximum atomic E-state index is 10.6. The van der Waals surface area contributed by atoms with Crippen LogP contribution < -0.4 is 5.32 Å². The van der Waals surface area contributed by atoms with Crippen LogP contribution in [0.2, 0.25) is 0 Å². The molecule has 12 heavy (non-hydrogen) atoms. The van der Waals surface area contributed by atoms with Crippen molar-refractivity contribution in [2.75, 3.05) is 11.9 Å². The van der Waals surface area contributed by atoms with E-state index in [4.69, 9.17) is 5.11 Å². The van der Waals surface area contributed by atoms with E-state index in [-0.39, 0.29) is 12.5 Å². The lowest BCUT2D eigenvalue weighted by Gasteiger charge is -1.95. The summed E-state index contributed by atoms with van der Waals surface area (Å²) in [6, 6.07) is 0. The molecule has 66 valence electrons. The predicted octanol–water partition coefficient (Wildman–Crippen LogP) is -0.166. The molecule has 1 heterocycles. The van der Waals surface area contributed by atoms with E-state index in [1.54, 1.807) is 10.9 Å². The Kier molecular flexibility index (Phi) is 2.82. The SMILES string of the molecule is CC(=O)Nc1cnn(CCO)c1. The van der Waals surface area contributed by atoms with Gasteiger partial charge in [0.15, 0.2) is 0 Å². The molecule has 5 heteroatoms. The number of aliphatic hydroxyl groups is 1. The molecule has 0 saturated heterocycles. The number of nitrogens with zero attached hydrogens (tertiary/aromatic N) is 2. The molecule has 0 aliphatic heterocycles. The van der Waals surface area contributed by atoms with Crippen LogP contribution in [-0.4, -0.2) is 27.4 Å². The van der Waals surface area contributed by atoms with Crippen LogP contribution in [0, 0.1) is 0 Å². The van der Waals surface area contributed by atoms with Gasteiger partial charge in [-0.2, -0.15) is 5.10 Å². The minimum absolute atomic E-state index is 0.0428. The summed E-state index contributed by atoms with van der Waals surface area (Å²) in [4.78, 5) is 10.6. The van der Waals surface area contributed by atoms with Gasteiger partial charge in [0.25, 0.3) is 0 Å². The van der Waals surface area contributed by atoms with E-state index in [1.165, 1.54) is 13.1 Å². The monoisotopic (exact) mass is 169 g/mol. The van der Waals surface area contributed by atoms with E-state index < -0.39 is 0 Å². The largest absolute Gasteiger partial charge is 0.394 e. The van der Waals surface area contributed by atoms with E-state index >= 15 is 0 Å². The van der Waals surface area contributed by atoms with Crippen molar-refractivity contribution in [3.63, 3.8) is 0 Å². The van der Waals surface area contributed by atoms with Gasteiger partial charge in [-0.3, -0.25) is 9.48 Å². The summed E-state index contributed by atoms with van der Waals surface area (Å²) in [5.41, 5.74) is 0.649. The minimum atomic E-state index is -0.126. The van der Waals surface area contributed by atoms with Gasteiger partial charge in [0.1, 0.15) is 0 Å². The molecule has 0 atom stereocenters. The number of hydrogen-bond donors (Lipinski definition) is 2. The second-order valence-electron chi connectivity index (χ2n) is 2.40. The summed E-state index contributed by atoms with van der Waals surface area (Å²) in [5, 5.41) is 15.0. The first-order valence-electron chi connectivity index (χ1n) is 3.63. The Bertz CT molecular complexity index is 269. The van der Waals surface area contributed by atoms with Gasteiger partial charge in [-0.05, 0) is 0 Å². The Labute approximate surface area is 70.0 Å². The molecule has 0 spiro atoms. The van der Waals surface area contributed by atoms with Crippen molar-refractivity contribution in [2.45, 2.75) is 13.5 Å². The summed E-state index contributed by atoms with van der Waals surface area (Å²) in [5.74, 6) is -0.126. The number of aliphatic hydroxyl groups excluding tert-OH is 1. The van der Waals surface area contributed by atoms with Crippen LogP contribution in [0.1, 0.15) is 6.92 Å². The average Bonchev–Trinajstić information content (AvgIpc) is 2.36. The van der Waals surface area contributed by atoms with E-state index in [0.717, 1.165) is 0 Å². The van der Waals surface area contributed by atoms with Crippen molar-refractivity contribution >= 4 is 11.6 Å². The number of carbonyl (C=O) groups excluding carboxylic acids is 1. The predicted molar refractivity (Wildman–Crippen MR) is 43.6 cm³/mol. The maximum Gasteiger partial charge on any atom is 0.221 e. The highest BCUT2D eigenvalue weighted by atomic mass is 16.3. The van der Waals surface area contributed by atoms with Crippen LogP contribution in [-0.2, 0) is 11.3 Å². The molecule has 0 unspecified atom stereocenters. The molecule has 5 nitrogen and oxygen atoms in total. The van der Waals surface area contributed by atoms with Gasteiger partial charge < -0.3 is 10.4 Å². The maximum absolute atomic E-state index is 10.6. The number of carbonyl (C=O) groups is 1. The van der Waals surface area contributed by atoms with Crippen molar-refractivity contribution in [2.24, 2.45) is 0 Å². The molecule has 2 N–H and O–H groups in total. The zero-order valence-electron chi connectivity index (χ0n) is 6.82. The fourth-order valence-electron chi connectivity index (χ4n) is 0.856. The summed E-state index contributed by atoms with van der Waals surface area (Å²) in [6.07, 6.45) is 3.20. The molecule has 1 aromatic heterocycles. The second kappa shape index (κ2) is 3.87. The number of rotatable bonds is 3. The lowest BCUT2D eigenvalue weighted by molar-refractivity contribution is -0.114. The van der Waals surface area contributed by atoms with E-state index in [1.807, 2.05) is 0 Å². The molecule has 0 aromatic carbocycles. The van der Waals surface area contributed by atoms with Crippen LogP contribution in [0.15, 0.2) is 12.4 Å². The minimum Gasteiger partial charge on any atom is -0.394 e. The number of amides is 1. The second-order valence-corrected chi connectivity index (χ2v) is 2.40. The fraction of sp³-hybridized carbons (Fsp3) is 0.429. The number of hydrogen-bond acceptors (Lipinski definition) is 3. The van der Waals surface area contributed by atoms with Crippen LogP contribution in [0.25, 0.3) is 0 Å². The zero-order chi connectivity index (χ0) is 8.97. The molecule has 0 fully saturated rings. The Hall–Kier alpha value is -1.36. The van der Waals surface area contributed by atoms with Gasteiger partial charge in [0.05, 0.1) is 25.0 Å². The molecule has 0 bridgehead atoms. The molecule has 1 rings (SSSR count). The molecule has 1 aromatic rings. The molecule has 0 radical (unpaired) electrons. The summed E-state index contributed by atoms with van der Waals surface area (Å²) < 4.78 is 1.56. The number of aromatic nitrogens is 2. The van der Waals surface area contributed by atoms with Crippen LogP contribution >= 0.6 is 0 Å². The number of nitrogens with one attached hydrogen (secondary N) is 1. The molecule has 1 amide bonds. The van der Waals surface area contributed by atoms with Crippen LogP contribution in [0.3, 0.4) is 0 Å². The van der Waals surface area contributed by atoms with Crippen LogP contribution in [0.5, 0.6) is 0 Å². The summed E-state index contributed by atoms with van der Waals surface area (Å²) in [7, 11) is 0. The van der Waals surface area contributed by atoms with Crippen molar-refractivity contribution < 1.29 is 9.90 Å². The lowest BCUT2D eigenvalue weighted by Crippen LogP contribution is -2.05. The highest BCUT2D eigenvalue weighted by Gasteiger charge is 1.98. The third-order valence-corrected chi connectivity index (χ3v) is 1.28. The quantitative estimate of drug-likeness (QED) is 0.660. The van der Waals surface area contributed by atoms with Gasteiger partial charge in [-0.15, -0.1) is 0 Å². The Morgan fingerprint density at radius 1 is 1.83 bits per heavy atom. The fourth-order valence-corrected chi connectivity index (χ4v) is 0.856. The third-order valence-electron chi connectivity index (χ3n) is 1.28. The Morgan fingerprint density at radius 3 is 3.17 bits per heavy atom. The molecular weight excluding hydrogens is 158 g/mol. The first kappa shape index (κ1) is 8.73. The van der Waals surface area contributed by atoms with Gasteiger partial charge in [0.2, 0.25) is 5.91 Å². The van der Waals surface area contributed by atoms with Crippen molar-refractivity contribution in [3.05, 3.63) is 12.4 Å². The molecule has 0 aliphatic carbocycles. The van der Waals surface area contributed by atoms with Crippen LogP contribution in [0.4, 0.5) is 5.69 Å². The Balaban J connectivity index is 2.58. The Morgan fingerprint density at radius 2 is 2.58 bits per heavy atom. The smallest absolute Gasteiger partial charge is 0.221 e. The van der Waals surface area contributed by atoms with Crippen molar-refractivity contribution in [1.29, 1.82) is 0 Å². The van der Waals surface area contributed by atoms with E-state index in [2.05, 4.69) is 10.4 Å². The highest BCUT2D eigenvalue weighted by Crippen LogP contribution is 2.03.